The zero-order valence-electron chi connectivity index (χ0n) is 24.4. The summed E-state index contributed by atoms with van der Waals surface area (Å²) in [7, 11) is 1.66. The van der Waals surface area contributed by atoms with Gasteiger partial charge in [-0.25, -0.2) is 15.1 Å². The third kappa shape index (κ3) is 6.90. The van der Waals surface area contributed by atoms with Crippen LogP contribution in [0.3, 0.4) is 0 Å². The highest BCUT2D eigenvalue weighted by Gasteiger charge is 2.22. The van der Waals surface area contributed by atoms with Crippen molar-refractivity contribution in [1.29, 1.82) is 0 Å². The lowest BCUT2D eigenvalue weighted by Gasteiger charge is -2.26. The van der Waals surface area contributed by atoms with Crippen molar-refractivity contribution in [3.05, 3.63) is 77.9 Å². The smallest absolute Gasteiger partial charge is 0.255 e. The topological polar surface area (TPSA) is 133 Å². The minimum atomic E-state index is -0.515. The zero-order valence-corrected chi connectivity index (χ0v) is 24.4. The molecule has 12 nitrogen and oxygen atoms in total. The molecule has 1 saturated heterocycles. The second kappa shape index (κ2) is 13.1. The highest BCUT2D eigenvalue weighted by Crippen LogP contribution is 2.35. The molecule has 0 spiro atoms. The molecule has 1 aliphatic heterocycles. The largest absolute Gasteiger partial charge is 0.379 e. The van der Waals surface area contributed by atoms with Gasteiger partial charge < -0.3 is 20.1 Å². The van der Waals surface area contributed by atoms with Gasteiger partial charge in [-0.1, -0.05) is 18.2 Å². The Hall–Kier alpha value is -4.39. The first-order chi connectivity index (χ1) is 20.3. The van der Waals surface area contributed by atoms with E-state index in [1.165, 1.54) is 12.7 Å². The van der Waals surface area contributed by atoms with Gasteiger partial charge >= 0.3 is 0 Å². The van der Waals surface area contributed by atoms with Gasteiger partial charge in [0.2, 0.25) is 5.95 Å². The van der Waals surface area contributed by atoms with E-state index in [9.17, 15) is 4.79 Å². The monoisotopic (exact) mass is 571 g/mol. The molecule has 0 unspecified atom stereocenters. The molecule has 0 saturated carbocycles. The third-order valence-electron chi connectivity index (χ3n) is 7.37. The normalized spacial score (nSPS) is 14.0. The molecular formula is C30H37N9O3. The van der Waals surface area contributed by atoms with Crippen LogP contribution in [0.1, 0.15) is 35.3 Å². The molecule has 4 aromatic rings. The maximum absolute atomic E-state index is 13.3. The Labute approximate surface area is 245 Å². The van der Waals surface area contributed by atoms with Crippen LogP contribution in [0.2, 0.25) is 0 Å². The van der Waals surface area contributed by atoms with Crippen molar-refractivity contribution in [1.82, 2.24) is 30.0 Å². The molecule has 0 bridgehead atoms. The lowest BCUT2D eigenvalue weighted by atomic mass is 9.96. The maximum atomic E-state index is 13.3. The SMILES string of the molecule is COC(C)(C)c1cccc(C(=O)Nc2ccc(C)c(N(c3cc(NCCN4CCOCC4)ncn3)c3ncn[nH]3)c2)c1. The van der Waals surface area contributed by atoms with Gasteiger partial charge in [0.1, 0.15) is 24.3 Å². The number of hydrogen-bond acceptors (Lipinski definition) is 10. The van der Waals surface area contributed by atoms with E-state index in [1.54, 1.807) is 13.2 Å². The van der Waals surface area contributed by atoms with Crippen LogP contribution in [0.15, 0.2) is 61.2 Å². The number of aromatic nitrogens is 5. The number of nitrogens with zero attached hydrogens (tertiary/aromatic N) is 6. The molecule has 12 heteroatoms. The summed E-state index contributed by atoms with van der Waals surface area (Å²) in [6, 6.07) is 15.0. The Morgan fingerprint density at radius 3 is 2.69 bits per heavy atom. The van der Waals surface area contributed by atoms with Crippen molar-refractivity contribution in [2.75, 3.05) is 62.0 Å². The van der Waals surface area contributed by atoms with Gasteiger partial charge in [-0.05, 0) is 56.2 Å². The summed E-state index contributed by atoms with van der Waals surface area (Å²) in [5.41, 5.74) is 3.29. The Bertz CT molecular complexity index is 1490. The van der Waals surface area contributed by atoms with E-state index in [1.807, 2.05) is 68.1 Å². The number of benzene rings is 2. The number of H-pyrrole nitrogens is 1. The molecule has 2 aromatic heterocycles. The summed E-state index contributed by atoms with van der Waals surface area (Å²) in [4.78, 5) is 30.9. The Balaban J connectivity index is 1.38. The number of aryl methyl sites for hydroxylation is 1. The average molecular weight is 572 g/mol. The summed E-state index contributed by atoms with van der Waals surface area (Å²) in [5, 5.41) is 13.4. The van der Waals surface area contributed by atoms with Gasteiger partial charge in [-0.15, -0.1) is 0 Å². The Morgan fingerprint density at radius 2 is 1.93 bits per heavy atom. The summed E-state index contributed by atoms with van der Waals surface area (Å²) in [6.07, 6.45) is 2.96. The number of carbonyl (C=O) groups is 1. The molecule has 3 N–H and O–H groups in total. The van der Waals surface area contributed by atoms with Crippen molar-refractivity contribution >= 4 is 34.9 Å². The summed E-state index contributed by atoms with van der Waals surface area (Å²) < 4.78 is 11.0. The number of amides is 1. The van der Waals surface area contributed by atoms with Gasteiger partial charge in [0.25, 0.3) is 5.91 Å². The highest BCUT2D eigenvalue weighted by molar-refractivity contribution is 6.04. The maximum Gasteiger partial charge on any atom is 0.255 e. The minimum absolute atomic E-state index is 0.224. The Kier molecular flexibility index (Phi) is 9.06. The summed E-state index contributed by atoms with van der Waals surface area (Å²) in [5.74, 6) is 1.54. The van der Waals surface area contributed by atoms with E-state index in [0.29, 0.717) is 28.8 Å². The van der Waals surface area contributed by atoms with E-state index in [0.717, 1.165) is 56.2 Å². The van der Waals surface area contributed by atoms with Gasteiger partial charge in [-0.2, -0.15) is 10.1 Å². The van der Waals surface area contributed by atoms with Crippen LogP contribution in [0, 0.1) is 6.92 Å². The quantitative estimate of drug-likeness (QED) is 0.240. The number of hydrogen-bond donors (Lipinski definition) is 3. The van der Waals surface area contributed by atoms with Crippen molar-refractivity contribution in [2.45, 2.75) is 26.4 Å². The molecule has 0 radical (unpaired) electrons. The molecule has 0 atom stereocenters. The number of methoxy groups -OCH3 is 1. The first kappa shape index (κ1) is 29.1. The fourth-order valence-corrected chi connectivity index (χ4v) is 4.67. The van der Waals surface area contributed by atoms with E-state index in [2.05, 4.69) is 40.7 Å². The lowest BCUT2D eigenvalue weighted by Crippen LogP contribution is -2.39. The van der Waals surface area contributed by atoms with Crippen LogP contribution in [0.25, 0.3) is 0 Å². The number of ether oxygens (including phenoxy) is 2. The number of carbonyl (C=O) groups excluding carboxylic acids is 1. The van der Waals surface area contributed by atoms with E-state index in [4.69, 9.17) is 9.47 Å². The van der Waals surface area contributed by atoms with Crippen LogP contribution in [-0.2, 0) is 15.1 Å². The second-order valence-corrected chi connectivity index (χ2v) is 10.5. The fraction of sp³-hybridized carbons (Fsp3) is 0.367. The molecule has 3 heterocycles. The Morgan fingerprint density at radius 1 is 1.10 bits per heavy atom. The number of rotatable bonds is 11. The van der Waals surface area contributed by atoms with Crippen LogP contribution in [0.5, 0.6) is 0 Å². The van der Waals surface area contributed by atoms with E-state index in [-0.39, 0.29) is 5.91 Å². The van der Waals surface area contributed by atoms with Crippen molar-refractivity contribution in [3.8, 4) is 0 Å². The summed E-state index contributed by atoms with van der Waals surface area (Å²) in [6.45, 7) is 10.9. The van der Waals surface area contributed by atoms with Gasteiger partial charge in [0.05, 0.1) is 24.5 Å². The molecule has 42 heavy (non-hydrogen) atoms. The standard InChI is InChI=1S/C30H37N9O3/c1-21-8-9-24(36-28(40)22-6-5-7-23(16-22)30(2,3)41-4)17-25(21)39(29-34-20-35-37-29)27-18-26(32-19-33-27)31-10-11-38-12-14-42-15-13-38/h5-9,16-20H,10-15H2,1-4H3,(H,36,40)(H,31,32,33)(H,34,35,37). The van der Waals surface area contributed by atoms with E-state index < -0.39 is 5.60 Å². The number of morpholine rings is 1. The molecule has 2 aromatic carbocycles. The first-order valence-electron chi connectivity index (χ1n) is 13.9. The van der Waals surface area contributed by atoms with Crippen molar-refractivity contribution in [2.24, 2.45) is 0 Å². The van der Waals surface area contributed by atoms with Crippen LogP contribution in [-0.4, -0.2) is 82.5 Å². The average Bonchev–Trinajstić information content (AvgIpc) is 3.54. The highest BCUT2D eigenvalue weighted by atomic mass is 16.5. The minimum Gasteiger partial charge on any atom is -0.379 e. The van der Waals surface area contributed by atoms with Crippen LogP contribution < -0.4 is 15.5 Å². The predicted molar refractivity (Wildman–Crippen MR) is 162 cm³/mol. The molecular weight excluding hydrogens is 534 g/mol. The van der Waals surface area contributed by atoms with E-state index >= 15 is 0 Å². The number of aromatic amines is 1. The molecule has 1 aliphatic rings. The van der Waals surface area contributed by atoms with Gasteiger partial charge in [0.15, 0.2) is 0 Å². The molecule has 5 rings (SSSR count). The molecule has 1 fully saturated rings. The molecule has 0 aliphatic carbocycles. The van der Waals surface area contributed by atoms with Crippen molar-refractivity contribution < 1.29 is 14.3 Å². The van der Waals surface area contributed by atoms with Gasteiger partial charge in [0, 0.05) is 50.6 Å². The van der Waals surface area contributed by atoms with Crippen LogP contribution in [0.4, 0.5) is 29.0 Å². The molecule has 220 valence electrons. The van der Waals surface area contributed by atoms with Crippen LogP contribution >= 0.6 is 0 Å². The van der Waals surface area contributed by atoms with Crippen molar-refractivity contribution in [3.63, 3.8) is 0 Å². The van der Waals surface area contributed by atoms with Gasteiger partial charge in [-0.3, -0.25) is 14.6 Å². The predicted octanol–water partition coefficient (Wildman–Crippen LogP) is 4.25. The molecule has 1 amide bonds. The number of anilines is 5. The first-order valence-corrected chi connectivity index (χ1v) is 13.9. The second-order valence-electron chi connectivity index (χ2n) is 10.5. The third-order valence-corrected chi connectivity index (χ3v) is 7.37. The zero-order chi connectivity index (χ0) is 29.5. The lowest BCUT2D eigenvalue weighted by molar-refractivity contribution is 0.0192. The number of nitrogens with one attached hydrogen (secondary N) is 3. The fourth-order valence-electron chi connectivity index (χ4n) is 4.67. The summed E-state index contributed by atoms with van der Waals surface area (Å²) >= 11 is 0.